The fourth-order valence-corrected chi connectivity index (χ4v) is 5.71. The average Bonchev–Trinajstić information content (AvgIpc) is 3.20. The smallest absolute Gasteiger partial charge is 0.307 e. The summed E-state index contributed by atoms with van der Waals surface area (Å²) in [6.07, 6.45) is 14.6. The van der Waals surface area contributed by atoms with E-state index in [1.54, 1.807) is 6.20 Å². The summed E-state index contributed by atoms with van der Waals surface area (Å²) in [5.74, 6) is 2.58. The number of rotatable bonds is 8. The number of hydrogen-bond acceptors (Lipinski definition) is 6. The maximum atomic E-state index is 12.8. The molecule has 0 unspecified atom stereocenters. The van der Waals surface area contributed by atoms with E-state index in [0.717, 1.165) is 55.3 Å². The highest BCUT2D eigenvalue weighted by atomic mass is 32.2. The quantitative estimate of drug-likeness (QED) is 0.580. The van der Waals surface area contributed by atoms with Crippen molar-refractivity contribution in [3.05, 3.63) is 40.6 Å². The number of urea groups is 1. The second-order valence-electron chi connectivity index (χ2n) is 8.85. The van der Waals surface area contributed by atoms with Gasteiger partial charge in [0.05, 0.1) is 0 Å². The third-order valence-corrected chi connectivity index (χ3v) is 7.85. The number of nitrogens with one attached hydrogen (secondary N) is 2. The molecule has 2 aromatic rings. The van der Waals surface area contributed by atoms with Crippen LogP contribution in [-0.2, 0) is 42.3 Å². The first-order chi connectivity index (χ1) is 15.9. The Morgan fingerprint density at radius 3 is 2.45 bits per heavy atom. The van der Waals surface area contributed by atoms with Crippen molar-refractivity contribution < 1.29 is 13.2 Å². The number of anilines is 1. The number of terminal acetylenes is 1. The molecule has 1 aliphatic heterocycles. The van der Waals surface area contributed by atoms with Gasteiger partial charge in [-0.1, -0.05) is 6.07 Å². The number of benzene rings is 1. The lowest BCUT2D eigenvalue weighted by Crippen LogP contribution is -2.35. The molecule has 0 fully saturated rings. The predicted octanol–water partition coefficient (Wildman–Crippen LogP) is 3.34. The van der Waals surface area contributed by atoms with Gasteiger partial charge in [0, 0.05) is 37.7 Å². The molecule has 2 N–H and O–H groups in total. The van der Waals surface area contributed by atoms with Gasteiger partial charge in [-0.05, 0) is 66.8 Å². The van der Waals surface area contributed by atoms with Crippen LogP contribution in [0, 0.1) is 12.3 Å². The zero-order valence-corrected chi connectivity index (χ0v) is 19.1. The maximum Gasteiger partial charge on any atom is 0.333 e. The molecule has 9 nitrogen and oxygen atoms in total. The van der Waals surface area contributed by atoms with Gasteiger partial charge in [0.25, 0.3) is 10.0 Å². The molecule has 0 saturated carbocycles. The molecule has 0 spiro atoms. The van der Waals surface area contributed by atoms with Crippen LogP contribution < -0.4 is 10.0 Å². The lowest BCUT2D eigenvalue weighted by Gasteiger charge is -2.16. The van der Waals surface area contributed by atoms with E-state index in [1.165, 1.54) is 21.9 Å². The summed E-state index contributed by atoms with van der Waals surface area (Å²) in [6, 6.07) is 2.88. The van der Waals surface area contributed by atoms with Crippen LogP contribution in [0.4, 0.5) is 10.5 Å². The van der Waals surface area contributed by atoms with Gasteiger partial charge in [-0.25, -0.2) is 9.52 Å². The number of hydrogen-bond donors (Lipinski definition) is 2. The minimum atomic E-state index is -4.11. The Bertz CT molecular complexity index is 1250. The largest absolute Gasteiger partial charge is 0.333 e. The number of aromatic nitrogens is 2. The van der Waals surface area contributed by atoms with Crippen LogP contribution in [0.5, 0.6) is 0 Å². The van der Waals surface area contributed by atoms with Crippen molar-refractivity contribution in [2.24, 2.45) is 10.2 Å². The van der Waals surface area contributed by atoms with Gasteiger partial charge in [0.1, 0.15) is 0 Å². The fourth-order valence-electron chi connectivity index (χ4n) is 4.85. The molecule has 1 aromatic carbocycles. The topological polar surface area (TPSA) is 118 Å². The number of sulfonamides is 1. The number of aryl methyl sites for hydroxylation is 3. The van der Waals surface area contributed by atoms with Crippen molar-refractivity contribution in [2.45, 2.75) is 75.0 Å². The first-order valence-corrected chi connectivity index (χ1v) is 12.8. The molecular formula is C23H26N6O3S. The molecule has 5 rings (SSSR count). The zero-order valence-electron chi connectivity index (χ0n) is 18.3. The minimum Gasteiger partial charge on any atom is -0.307 e. The number of amides is 2. The van der Waals surface area contributed by atoms with Gasteiger partial charge >= 0.3 is 6.03 Å². The van der Waals surface area contributed by atoms with Crippen molar-refractivity contribution in [3.8, 4) is 12.3 Å². The van der Waals surface area contributed by atoms with E-state index in [2.05, 4.69) is 37.4 Å². The summed E-state index contributed by atoms with van der Waals surface area (Å²) in [5.41, 5.74) is 5.14. The van der Waals surface area contributed by atoms with Gasteiger partial charge in [-0.2, -0.15) is 23.7 Å². The molecule has 172 valence electrons. The van der Waals surface area contributed by atoms with Crippen LogP contribution in [0.25, 0.3) is 0 Å². The number of carbonyl (C=O) groups is 1. The van der Waals surface area contributed by atoms with Crippen LogP contribution in [-0.4, -0.2) is 29.9 Å². The SMILES string of the molecule is C#CCCC1(CCn2ccc(S(=O)(=O)NC(=O)Nc3c4c(cc5c3CCC5)CCC4)n2)N=N1. The number of nitrogens with zero attached hydrogens (tertiary/aromatic N) is 4. The van der Waals surface area contributed by atoms with Crippen molar-refractivity contribution >= 4 is 21.7 Å². The lowest BCUT2D eigenvalue weighted by atomic mass is 9.99. The van der Waals surface area contributed by atoms with Gasteiger partial charge in [-0.15, -0.1) is 12.3 Å². The van der Waals surface area contributed by atoms with Crippen molar-refractivity contribution in [2.75, 3.05) is 5.32 Å². The average molecular weight is 467 g/mol. The van der Waals surface area contributed by atoms with Crippen LogP contribution in [0.2, 0.25) is 0 Å². The Hall–Kier alpha value is -3.19. The molecule has 10 heteroatoms. The highest BCUT2D eigenvalue weighted by molar-refractivity contribution is 7.90. The molecule has 33 heavy (non-hydrogen) atoms. The highest BCUT2D eigenvalue weighted by Crippen LogP contribution is 2.39. The zero-order chi connectivity index (χ0) is 23.1. The van der Waals surface area contributed by atoms with Crippen molar-refractivity contribution in [3.63, 3.8) is 0 Å². The Morgan fingerprint density at radius 1 is 1.12 bits per heavy atom. The van der Waals surface area contributed by atoms with E-state index in [1.807, 2.05) is 0 Å². The van der Waals surface area contributed by atoms with Crippen molar-refractivity contribution in [1.29, 1.82) is 0 Å². The first-order valence-electron chi connectivity index (χ1n) is 11.3. The summed E-state index contributed by atoms with van der Waals surface area (Å²) >= 11 is 0. The van der Waals surface area contributed by atoms with Gasteiger partial charge in [-0.3, -0.25) is 4.68 Å². The van der Waals surface area contributed by atoms with Gasteiger partial charge in [0.15, 0.2) is 10.7 Å². The summed E-state index contributed by atoms with van der Waals surface area (Å²) in [7, 11) is -4.11. The summed E-state index contributed by atoms with van der Waals surface area (Å²) < 4.78 is 29.2. The van der Waals surface area contributed by atoms with E-state index in [0.29, 0.717) is 25.8 Å². The first kappa shape index (κ1) is 21.6. The minimum absolute atomic E-state index is 0.205. The van der Waals surface area contributed by atoms with E-state index in [-0.39, 0.29) is 5.03 Å². The van der Waals surface area contributed by atoms with E-state index in [9.17, 15) is 13.2 Å². The highest BCUT2D eigenvalue weighted by Gasteiger charge is 2.39. The predicted molar refractivity (Wildman–Crippen MR) is 122 cm³/mol. The Kier molecular flexibility index (Phi) is 5.44. The molecule has 1 aromatic heterocycles. The molecule has 0 saturated heterocycles. The van der Waals surface area contributed by atoms with Crippen LogP contribution in [0.1, 0.15) is 54.4 Å². The molecule has 2 amide bonds. The Balaban J connectivity index is 1.24. The summed E-state index contributed by atoms with van der Waals surface area (Å²) in [6.45, 7) is 0.446. The lowest BCUT2D eigenvalue weighted by molar-refractivity contribution is 0.256. The van der Waals surface area contributed by atoms with Crippen LogP contribution in [0.3, 0.4) is 0 Å². The van der Waals surface area contributed by atoms with Crippen molar-refractivity contribution in [1.82, 2.24) is 14.5 Å². The number of fused-ring (bicyclic) bond motifs is 2. The maximum absolute atomic E-state index is 12.8. The molecule has 3 aliphatic rings. The van der Waals surface area contributed by atoms with Gasteiger partial charge in [0.2, 0.25) is 0 Å². The van der Waals surface area contributed by atoms with Gasteiger partial charge < -0.3 is 5.32 Å². The van der Waals surface area contributed by atoms with E-state index >= 15 is 0 Å². The molecule has 0 radical (unpaired) electrons. The standard InChI is InChI=1S/C23H26N6O3S/c1-2-3-11-23(27-28-23)12-14-29-13-10-20(25-29)33(31,32)26-22(30)24-21-18-8-4-6-16(18)15-17-7-5-9-19(17)21/h1,10,13,15H,3-9,11-12,14H2,(H2,24,26,30). The molecule has 0 atom stereocenters. The molecule has 2 heterocycles. The van der Waals surface area contributed by atoms with Crippen LogP contribution in [0.15, 0.2) is 33.6 Å². The normalized spacial score (nSPS) is 17.3. The van der Waals surface area contributed by atoms with E-state index in [4.69, 9.17) is 6.42 Å². The molecule has 0 bridgehead atoms. The number of carbonyl (C=O) groups excluding carboxylic acids is 1. The van der Waals surface area contributed by atoms with Crippen LogP contribution >= 0.6 is 0 Å². The summed E-state index contributed by atoms with van der Waals surface area (Å²) in [5, 5.41) is 14.9. The monoisotopic (exact) mass is 466 g/mol. The Labute approximate surface area is 193 Å². The second kappa shape index (κ2) is 8.30. The third kappa shape index (κ3) is 4.37. The Morgan fingerprint density at radius 2 is 1.82 bits per heavy atom. The molecular weight excluding hydrogens is 440 g/mol. The summed E-state index contributed by atoms with van der Waals surface area (Å²) in [4.78, 5) is 12.7. The second-order valence-corrected chi connectivity index (χ2v) is 10.5. The third-order valence-electron chi connectivity index (χ3n) is 6.62. The molecule has 2 aliphatic carbocycles. The fraction of sp³-hybridized carbons (Fsp3) is 0.478. The van der Waals surface area contributed by atoms with E-state index < -0.39 is 21.7 Å².